The van der Waals surface area contributed by atoms with Gasteiger partial charge in [-0.2, -0.15) is 0 Å². The molecule has 0 saturated heterocycles. The minimum Gasteiger partial charge on any atom is -0.376 e. The highest BCUT2D eigenvalue weighted by Crippen LogP contribution is 2.35. The van der Waals surface area contributed by atoms with E-state index in [0.29, 0.717) is 17.2 Å². The van der Waals surface area contributed by atoms with Crippen LogP contribution < -0.4 is 5.32 Å². The molecule has 1 aliphatic carbocycles. The summed E-state index contributed by atoms with van der Waals surface area (Å²) in [5.74, 6) is 0.322. The molecule has 0 bridgehead atoms. The van der Waals surface area contributed by atoms with Gasteiger partial charge < -0.3 is 5.32 Å². The molecule has 1 aromatic carbocycles. The van der Waals surface area contributed by atoms with Crippen molar-refractivity contribution in [2.45, 2.75) is 25.3 Å². The molecule has 21 heavy (non-hydrogen) atoms. The number of hydrogen-bond acceptors (Lipinski definition) is 3. The maximum Gasteiger partial charge on any atom is 0.138 e. The third-order valence-electron chi connectivity index (χ3n) is 3.93. The van der Waals surface area contributed by atoms with Crippen molar-refractivity contribution in [3.63, 3.8) is 0 Å². The highest BCUT2D eigenvalue weighted by molar-refractivity contribution is 6.30. The number of rotatable bonds is 4. The van der Waals surface area contributed by atoms with Crippen molar-refractivity contribution >= 4 is 23.1 Å². The number of anilines is 1. The van der Waals surface area contributed by atoms with Gasteiger partial charge in [-0.05, 0) is 49.2 Å². The molecule has 2 atom stereocenters. The molecule has 1 N–H and O–H groups in total. The van der Waals surface area contributed by atoms with Gasteiger partial charge in [0.2, 0.25) is 0 Å². The number of pyridine rings is 1. The first-order chi connectivity index (χ1) is 10.2. The van der Waals surface area contributed by atoms with Gasteiger partial charge in [0.25, 0.3) is 0 Å². The van der Waals surface area contributed by atoms with Crippen molar-refractivity contribution in [3.8, 4) is 0 Å². The fourth-order valence-electron chi connectivity index (χ4n) is 2.86. The Morgan fingerprint density at radius 3 is 2.62 bits per heavy atom. The first-order valence-electron chi connectivity index (χ1n) is 7.20. The summed E-state index contributed by atoms with van der Waals surface area (Å²) >= 11 is 5.92. The van der Waals surface area contributed by atoms with E-state index < -0.39 is 0 Å². The summed E-state index contributed by atoms with van der Waals surface area (Å²) < 4.78 is 0. The number of carbonyl (C=O) groups excluding carboxylic acids is 1. The van der Waals surface area contributed by atoms with E-state index in [-0.39, 0.29) is 12.0 Å². The summed E-state index contributed by atoms with van der Waals surface area (Å²) in [4.78, 5) is 16.6. The molecule has 0 amide bonds. The second-order valence-electron chi connectivity index (χ2n) is 5.35. The van der Waals surface area contributed by atoms with Crippen LogP contribution in [0.3, 0.4) is 0 Å². The predicted octanol–water partition coefficient (Wildman–Crippen LogP) is 4.26. The van der Waals surface area contributed by atoms with E-state index in [1.54, 1.807) is 6.20 Å². The summed E-state index contributed by atoms with van der Waals surface area (Å²) in [6, 6.07) is 13.3. The number of ketones is 1. The van der Waals surface area contributed by atoms with Gasteiger partial charge in [-0.1, -0.05) is 17.7 Å². The lowest BCUT2D eigenvalue weighted by Gasteiger charge is -2.24. The summed E-state index contributed by atoms with van der Waals surface area (Å²) in [6.45, 7) is 0. The molecule has 1 saturated carbocycles. The zero-order chi connectivity index (χ0) is 14.7. The second kappa shape index (κ2) is 6.27. The minimum atomic E-state index is -0.0811. The molecule has 3 rings (SSSR count). The van der Waals surface area contributed by atoms with Crippen LogP contribution in [0.1, 0.15) is 31.0 Å². The Morgan fingerprint density at radius 1 is 1.19 bits per heavy atom. The van der Waals surface area contributed by atoms with Crippen molar-refractivity contribution in [2.24, 2.45) is 5.92 Å². The van der Waals surface area contributed by atoms with Crippen LogP contribution in [0.15, 0.2) is 48.7 Å². The number of Topliss-reactive ketones (excluding diaryl/α,β-unsaturated/α-hetero) is 1. The summed E-state index contributed by atoms with van der Waals surface area (Å²) in [5.41, 5.74) is 1.86. The van der Waals surface area contributed by atoms with Crippen molar-refractivity contribution in [3.05, 3.63) is 59.4 Å². The van der Waals surface area contributed by atoms with Crippen molar-refractivity contribution in [1.29, 1.82) is 0 Å². The Labute approximate surface area is 129 Å². The second-order valence-corrected chi connectivity index (χ2v) is 5.78. The molecule has 2 aromatic rings. The van der Waals surface area contributed by atoms with Crippen molar-refractivity contribution in [2.75, 3.05) is 5.32 Å². The average Bonchev–Trinajstić information content (AvgIpc) is 2.93. The molecule has 1 aromatic heterocycles. The third kappa shape index (κ3) is 3.24. The maximum atomic E-state index is 12.1. The van der Waals surface area contributed by atoms with Crippen LogP contribution in [0.5, 0.6) is 0 Å². The molecule has 108 valence electrons. The molecule has 3 nitrogen and oxygen atoms in total. The Balaban J connectivity index is 1.88. The quantitative estimate of drug-likeness (QED) is 0.917. The number of carbonyl (C=O) groups is 1. The van der Waals surface area contributed by atoms with Crippen LogP contribution in [0.25, 0.3) is 0 Å². The van der Waals surface area contributed by atoms with Crippen LogP contribution in [0.2, 0.25) is 5.02 Å². The summed E-state index contributed by atoms with van der Waals surface area (Å²) in [6.07, 6.45) is 4.33. The lowest BCUT2D eigenvalue weighted by molar-refractivity contribution is -0.121. The highest BCUT2D eigenvalue weighted by Gasteiger charge is 2.33. The largest absolute Gasteiger partial charge is 0.376 e. The Morgan fingerprint density at radius 2 is 2.00 bits per heavy atom. The van der Waals surface area contributed by atoms with Gasteiger partial charge in [-0.25, -0.2) is 0 Å². The lowest BCUT2D eigenvalue weighted by atomic mass is 9.93. The third-order valence-corrected chi connectivity index (χ3v) is 4.18. The van der Waals surface area contributed by atoms with Gasteiger partial charge in [0.1, 0.15) is 5.78 Å². The number of nitrogens with zero attached hydrogens (tertiary/aromatic N) is 1. The highest BCUT2D eigenvalue weighted by atomic mass is 35.5. The minimum absolute atomic E-state index is 0.00409. The Hall–Kier alpha value is -1.87. The molecular weight excluding hydrogens is 284 g/mol. The topological polar surface area (TPSA) is 42.0 Å². The molecule has 0 aliphatic heterocycles. The zero-order valence-corrected chi connectivity index (χ0v) is 12.4. The van der Waals surface area contributed by atoms with E-state index in [9.17, 15) is 4.79 Å². The molecule has 2 unspecified atom stereocenters. The van der Waals surface area contributed by atoms with E-state index in [0.717, 1.165) is 24.2 Å². The molecule has 4 heteroatoms. The predicted molar refractivity (Wildman–Crippen MR) is 84.4 cm³/mol. The van der Waals surface area contributed by atoms with Crippen LogP contribution in [0, 0.1) is 5.92 Å². The van der Waals surface area contributed by atoms with E-state index >= 15 is 0 Å². The number of nitrogens with one attached hydrogen (secondary N) is 1. The fraction of sp³-hybridized carbons (Fsp3) is 0.294. The molecular formula is C17H17ClN2O. The van der Waals surface area contributed by atoms with Crippen molar-refractivity contribution in [1.82, 2.24) is 4.98 Å². The Bertz CT molecular complexity index is 612. The first kappa shape index (κ1) is 14.1. The number of hydrogen-bond donors (Lipinski definition) is 1. The van der Waals surface area contributed by atoms with Crippen LogP contribution in [-0.2, 0) is 4.79 Å². The smallest absolute Gasteiger partial charge is 0.138 e. The number of aromatic nitrogens is 1. The van der Waals surface area contributed by atoms with Gasteiger partial charge in [0, 0.05) is 29.2 Å². The monoisotopic (exact) mass is 300 g/mol. The molecule has 1 heterocycles. The van der Waals surface area contributed by atoms with Gasteiger partial charge in [0.15, 0.2) is 0 Å². The van der Waals surface area contributed by atoms with E-state index in [2.05, 4.69) is 10.3 Å². The zero-order valence-electron chi connectivity index (χ0n) is 11.6. The first-order valence-corrected chi connectivity index (χ1v) is 7.57. The van der Waals surface area contributed by atoms with E-state index in [1.807, 2.05) is 42.5 Å². The Kier molecular flexibility index (Phi) is 4.20. The van der Waals surface area contributed by atoms with Gasteiger partial charge in [0.05, 0.1) is 11.7 Å². The SMILES string of the molecule is O=C1CCCC1C(Nc1ccc(Cl)cc1)c1ccccn1. The number of halogens is 1. The molecule has 1 aliphatic rings. The van der Waals surface area contributed by atoms with Gasteiger partial charge in [-0.15, -0.1) is 0 Å². The molecule has 0 spiro atoms. The van der Waals surface area contributed by atoms with Crippen LogP contribution in [-0.4, -0.2) is 10.8 Å². The normalized spacial score (nSPS) is 19.5. The van der Waals surface area contributed by atoms with Gasteiger partial charge in [-0.3, -0.25) is 9.78 Å². The summed E-state index contributed by atoms with van der Waals surface area (Å²) in [7, 11) is 0. The van der Waals surface area contributed by atoms with Crippen LogP contribution in [0.4, 0.5) is 5.69 Å². The molecule has 0 radical (unpaired) electrons. The van der Waals surface area contributed by atoms with Crippen LogP contribution >= 0.6 is 11.6 Å². The summed E-state index contributed by atoms with van der Waals surface area (Å²) in [5, 5.41) is 4.15. The number of benzene rings is 1. The lowest BCUT2D eigenvalue weighted by Crippen LogP contribution is -2.24. The standard InChI is InChI=1S/C17H17ClN2O/c18-12-7-9-13(10-8-12)20-17(14-4-3-6-16(14)21)15-5-1-2-11-19-15/h1-2,5,7-11,14,17,20H,3-4,6H2. The maximum absolute atomic E-state index is 12.1. The van der Waals surface area contributed by atoms with Gasteiger partial charge >= 0.3 is 0 Å². The van der Waals surface area contributed by atoms with Crippen molar-refractivity contribution < 1.29 is 4.79 Å². The van der Waals surface area contributed by atoms with E-state index in [4.69, 9.17) is 11.6 Å². The molecule has 1 fully saturated rings. The fourth-order valence-corrected chi connectivity index (χ4v) is 2.99. The van der Waals surface area contributed by atoms with E-state index in [1.165, 1.54) is 0 Å². The average molecular weight is 301 g/mol.